The first kappa shape index (κ1) is 15.6. The van der Waals surface area contributed by atoms with Gasteiger partial charge in [0.15, 0.2) is 5.78 Å². The summed E-state index contributed by atoms with van der Waals surface area (Å²) >= 11 is 2.93. The van der Waals surface area contributed by atoms with Gasteiger partial charge in [-0.1, -0.05) is 29.8 Å². The fourth-order valence-electron chi connectivity index (χ4n) is 1.90. The third kappa shape index (κ3) is 3.27. The van der Waals surface area contributed by atoms with Crippen LogP contribution in [0.25, 0.3) is 0 Å². The largest absolute Gasteiger partial charge is 0.497 e. The van der Waals surface area contributed by atoms with Gasteiger partial charge in [-0.2, -0.15) is 0 Å². The lowest BCUT2D eigenvalue weighted by Crippen LogP contribution is -2.48. The molecule has 7 heteroatoms. The van der Waals surface area contributed by atoms with Crippen LogP contribution in [0.4, 0.5) is 8.78 Å². The lowest BCUT2D eigenvalue weighted by Gasteiger charge is -2.33. The molecule has 20 heavy (non-hydrogen) atoms. The van der Waals surface area contributed by atoms with Crippen molar-refractivity contribution in [2.24, 2.45) is 5.41 Å². The van der Waals surface area contributed by atoms with E-state index in [0.717, 1.165) is 12.1 Å². The normalized spacial score (nSPS) is 18.1. The number of carbonyl (C=O) groups excluding carboxylic acids is 1. The molecule has 0 bridgehead atoms. The quantitative estimate of drug-likeness (QED) is 0.478. The fourth-order valence-corrected chi connectivity index (χ4v) is 2.20. The Morgan fingerprint density at radius 3 is 2.45 bits per heavy atom. The van der Waals surface area contributed by atoms with E-state index in [1.165, 1.54) is 0 Å². The summed E-state index contributed by atoms with van der Waals surface area (Å²) in [5.74, 6) is -2.00. The summed E-state index contributed by atoms with van der Waals surface area (Å²) in [7, 11) is -0.939. The molecule has 0 spiro atoms. The average Bonchev–Trinajstić information content (AvgIpc) is 2.40. The lowest BCUT2D eigenvalue weighted by atomic mass is 9.75. The van der Waals surface area contributed by atoms with Crippen LogP contribution in [0.5, 0.6) is 0 Å². The number of hydrogen-bond acceptors (Lipinski definition) is 3. The maximum Gasteiger partial charge on any atom is 0.497 e. The van der Waals surface area contributed by atoms with Gasteiger partial charge in [-0.25, -0.2) is 8.78 Å². The van der Waals surface area contributed by atoms with Gasteiger partial charge in [0.1, 0.15) is 11.6 Å². The number of hydrogen-bond donors (Lipinski definition) is 0. The number of alkyl halides is 1. The van der Waals surface area contributed by atoms with Crippen LogP contribution in [0.3, 0.4) is 0 Å². The second-order valence-corrected chi connectivity index (χ2v) is 6.09. The van der Waals surface area contributed by atoms with E-state index in [0.29, 0.717) is 13.2 Å². The molecule has 1 aliphatic heterocycles. The van der Waals surface area contributed by atoms with Gasteiger partial charge in [0.05, 0.1) is 10.9 Å². The van der Waals surface area contributed by atoms with Crippen molar-refractivity contribution in [3.63, 3.8) is 0 Å². The van der Waals surface area contributed by atoms with Gasteiger partial charge < -0.3 is 9.31 Å². The van der Waals surface area contributed by atoms with E-state index in [1.54, 1.807) is 0 Å². The smallest absolute Gasteiger partial charge is 0.407 e. The first-order valence-electron chi connectivity index (χ1n) is 6.15. The summed E-state index contributed by atoms with van der Waals surface area (Å²) in [5.41, 5.74) is -0.458. The molecule has 0 radical (unpaired) electrons. The van der Waals surface area contributed by atoms with Crippen LogP contribution >= 0.6 is 15.9 Å². The van der Waals surface area contributed by atoms with Crippen LogP contribution in [0.15, 0.2) is 12.1 Å². The second kappa shape index (κ2) is 5.91. The molecule has 0 aliphatic carbocycles. The molecule has 0 atom stereocenters. The van der Waals surface area contributed by atoms with Crippen LogP contribution in [-0.4, -0.2) is 31.4 Å². The predicted octanol–water partition coefficient (Wildman–Crippen LogP) is 2.31. The van der Waals surface area contributed by atoms with Crippen molar-refractivity contribution in [2.45, 2.75) is 13.8 Å². The highest BCUT2D eigenvalue weighted by atomic mass is 79.9. The highest BCUT2D eigenvalue weighted by Crippen LogP contribution is 2.22. The molecule has 1 aromatic rings. The van der Waals surface area contributed by atoms with Crippen LogP contribution in [-0.2, 0) is 9.31 Å². The SMILES string of the molecule is CC1(C)COB(c2cc(F)c(C(=O)CBr)cc2F)OC1. The van der Waals surface area contributed by atoms with Gasteiger partial charge in [-0.05, 0) is 12.1 Å². The van der Waals surface area contributed by atoms with Gasteiger partial charge in [-0.3, -0.25) is 4.79 Å². The van der Waals surface area contributed by atoms with E-state index in [9.17, 15) is 13.6 Å². The molecule has 0 N–H and O–H groups in total. The third-order valence-electron chi connectivity index (χ3n) is 3.01. The van der Waals surface area contributed by atoms with Crippen molar-refractivity contribution in [1.82, 2.24) is 0 Å². The first-order chi connectivity index (χ1) is 9.34. The number of ketones is 1. The third-order valence-corrected chi connectivity index (χ3v) is 3.52. The van der Waals surface area contributed by atoms with Crippen molar-refractivity contribution in [2.75, 3.05) is 18.5 Å². The number of carbonyl (C=O) groups is 1. The number of benzene rings is 1. The van der Waals surface area contributed by atoms with E-state index in [-0.39, 0.29) is 21.8 Å². The molecule has 0 saturated carbocycles. The van der Waals surface area contributed by atoms with Gasteiger partial charge >= 0.3 is 7.12 Å². The summed E-state index contributed by atoms with van der Waals surface area (Å²) < 4.78 is 38.7. The Kier molecular flexibility index (Phi) is 4.61. The molecule has 0 aromatic heterocycles. The molecular formula is C13H14BBrF2O3. The predicted molar refractivity (Wildman–Crippen MR) is 75.6 cm³/mol. The fraction of sp³-hybridized carbons (Fsp3) is 0.462. The minimum absolute atomic E-state index is 0.0240. The van der Waals surface area contributed by atoms with Gasteiger partial charge in [0.2, 0.25) is 0 Å². The number of halogens is 3. The van der Waals surface area contributed by atoms with E-state index in [2.05, 4.69) is 15.9 Å². The number of Topliss-reactive ketones (excluding diaryl/α,β-unsaturated/α-hetero) is 1. The lowest BCUT2D eigenvalue weighted by molar-refractivity contribution is 0.0340. The van der Waals surface area contributed by atoms with E-state index >= 15 is 0 Å². The minimum atomic E-state index is -0.939. The van der Waals surface area contributed by atoms with Crippen molar-refractivity contribution < 1.29 is 22.9 Å². The van der Waals surface area contributed by atoms with E-state index < -0.39 is 24.5 Å². The summed E-state index contributed by atoms with van der Waals surface area (Å²) in [6.07, 6.45) is 0. The molecule has 0 unspecified atom stereocenters. The minimum Gasteiger partial charge on any atom is -0.407 e. The van der Waals surface area contributed by atoms with Crippen LogP contribution in [0.1, 0.15) is 24.2 Å². The van der Waals surface area contributed by atoms with Crippen LogP contribution < -0.4 is 5.46 Å². The molecule has 1 aromatic carbocycles. The Hall–Kier alpha value is -0.785. The highest BCUT2D eigenvalue weighted by Gasteiger charge is 2.35. The van der Waals surface area contributed by atoms with Crippen molar-refractivity contribution in [1.29, 1.82) is 0 Å². The zero-order valence-electron chi connectivity index (χ0n) is 11.2. The van der Waals surface area contributed by atoms with Gasteiger partial charge in [0, 0.05) is 24.1 Å². The Labute approximate surface area is 124 Å². The van der Waals surface area contributed by atoms with E-state index in [1.807, 2.05) is 13.8 Å². The molecule has 1 saturated heterocycles. The summed E-state index contributed by atoms with van der Waals surface area (Å²) in [6.45, 7) is 4.69. The average molecular weight is 347 g/mol. The zero-order valence-corrected chi connectivity index (χ0v) is 12.8. The zero-order chi connectivity index (χ0) is 14.9. The Morgan fingerprint density at radius 1 is 1.30 bits per heavy atom. The Bertz CT molecular complexity index is 527. The summed E-state index contributed by atoms with van der Waals surface area (Å²) in [5, 5.41) is -0.0622. The summed E-state index contributed by atoms with van der Waals surface area (Å²) in [6, 6.07) is 1.86. The van der Waals surface area contributed by atoms with Crippen LogP contribution in [0, 0.1) is 17.0 Å². The molecule has 0 amide bonds. The number of rotatable bonds is 3. The maximum atomic E-state index is 14.0. The van der Waals surface area contributed by atoms with E-state index in [4.69, 9.17) is 9.31 Å². The Balaban J connectivity index is 2.26. The van der Waals surface area contributed by atoms with Crippen molar-refractivity contribution >= 4 is 34.3 Å². The topological polar surface area (TPSA) is 35.5 Å². The maximum absolute atomic E-state index is 14.0. The second-order valence-electron chi connectivity index (χ2n) is 5.53. The molecule has 1 heterocycles. The molecule has 1 aliphatic rings. The molecular weight excluding hydrogens is 333 g/mol. The first-order valence-corrected chi connectivity index (χ1v) is 7.27. The van der Waals surface area contributed by atoms with Crippen molar-refractivity contribution in [3.05, 3.63) is 29.3 Å². The molecule has 108 valence electrons. The van der Waals surface area contributed by atoms with Crippen molar-refractivity contribution in [3.8, 4) is 0 Å². The highest BCUT2D eigenvalue weighted by molar-refractivity contribution is 9.09. The standard InChI is InChI=1S/C13H14BBrF2O3/c1-13(2)6-19-14(20-7-13)9-4-10(16)8(3-11(9)17)12(18)5-15/h3-4H,5-7H2,1-2H3. The molecule has 3 nitrogen and oxygen atoms in total. The monoisotopic (exact) mass is 346 g/mol. The summed E-state index contributed by atoms with van der Waals surface area (Å²) in [4.78, 5) is 11.4. The van der Waals surface area contributed by atoms with Gasteiger partial charge in [0.25, 0.3) is 0 Å². The molecule has 2 rings (SSSR count). The molecule has 1 fully saturated rings. The van der Waals surface area contributed by atoms with Gasteiger partial charge in [-0.15, -0.1) is 0 Å². The Morgan fingerprint density at radius 2 is 1.90 bits per heavy atom. The van der Waals surface area contributed by atoms with Crippen LogP contribution in [0.2, 0.25) is 0 Å².